The normalized spacial score (nSPS) is 10.3. The number of ether oxygens (including phenoxy) is 1. The summed E-state index contributed by atoms with van der Waals surface area (Å²) < 4.78 is 19.9. The first kappa shape index (κ1) is 21.8. The Hall–Kier alpha value is -4.87. The predicted octanol–water partition coefficient (Wildman–Crippen LogP) is 3.57. The van der Waals surface area contributed by atoms with Crippen LogP contribution < -0.4 is 10.1 Å². The molecular formula is C20H12FN3O8. The standard InChI is InChI=1S/C20H12FN3O8/c21-14-2-1-3-16(32-11-4-5-12(19(26)27)13(9-11)20(28)29)17(14)23-18(25)15-8-10(24(30)31)6-7-22-15/h1-9H,(H,23,25)(H,26,27)(H,28,29). The summed E-state index contributed by atoms with van der Waals surface area (Å²) in [5.74, 6) is -5.22. The van der Waals surface area contributed by atoms with Gasteiger partial charge in [0, 0.05) is 18.3 Å². The van der Waals surface area contributed by atoms with Crippen LogP contribution in [0.4, 0.5) is 15.8 Å². The molecule has 1 heterocycles. The molecule has 3 N–H and O–H groups in total. The van der Waals surface area contributed by atoms with Crippen LogP contribution in [0.1, 0.15) is 31.2 Å². The second-order valence-corrected chi connectivity index (χ2v) is 6.14. The average molecular weight is 441 g/mol. The third kappa shape index (κ3) is 4.64. The molecule has 32 heavy (non-hydrogen) atoms. The van der Waals surface area contributed by atoms with Gasteiger partial charge in [-0.15, -0.1) is 0 Å². The number of nitrogens with one attached hydrogen (secondary N) is 1. The number of carboxylic acid groups (broad SMARTS) is 2. The number of anilines is 1. The fourth-order valence-electron chi connectivity index (χ4n) is 2.62. The van der Waals surface area contributed by atoms with Crippen LogP contribution in [0.15, 0.2) is 54.7 Å². The van der Waals surface area contributed by atoms with E-state index in [1.54, 1.807) is 0 Å². The van der Waals surface area contributed by atoms with Crippen molar-refractivity contribution in [2.75, 3.05) is 5.32 Å². The zero-order valence-corrected chi connectivity index (χ0v) is 15.8. The van der Waals surface area contributed by atoms with E-state index in [0.29, 0.717) is 0 Å². The summed E-state index contributed by atoms with van der Waals surface area (Å²) in [6.07, 6.45) is 1.04. The molecule has 0 aliphatic rings. The third-order valence-electron chi connectivity index (χ3n) is 4.08. The molecule has 0 saturated carbocycles. The maximum Gasteiger partial charge on any atom is 0.336 e. The minimum atomic E-state index is -1.52. The molecule has 12 heteroatoms. The van der Waals surface area contributed by atoms with Crippen molar-refractivity contribution in [1.82, 2.24) is 4.98 Å². The van der Waals surface area contributed by atoms with Crippen LogP contribution >= 0.6 is 0 Å². The van der Waals surface area contributed by atoms with Crippen LogP contribution in [-0.4, -0.2) is 38.0 Å². The highest BCUT2D eigenvalue weighted by Gasteiger charge is 2.20. The third-order valence-corrected chi connectivity index (χ3v) is 4.08. The molecule has 0 atom stereocenters. The highest BCUT2D eigenvalue weighted by molar-refractivity contribution is 6.04. The molecule has 11 nitrogen and oxygen atoms in total. The fourth-order valence-corrected chi connectivity index (χ4v) is 2.62. The molecule has 0 unspecified atom stereocenters. The lowest BCUT2D eigenvalue weighted by atomic mass is 10.1. The number of nitro groups is 1. The smallest absolute Gasteiger partial charge is 0.336 e. The van der Waals surface area contributed by atoms with Crippen LogP contribution in [-0.2, 0) is 0 Å². The van der Waals surface area contributed by atoms with Crippen molar-refractivity contribution in [3.05, 3.63) is 87.5 Å². The van der Waals surface area contributed by atoms with Gasteiger partial charge in [0.25, 0.3) is 11.6 Å². The lowest BCUT2D eigenvalue weighted by Crippen LogP contribution is -2.15. The van der Waals surface area contributed by atoms with E-state index in [0.717, 1.165) is 42.6 Å². The van der Waals surface area contributed by atoms with Crippen molar-refractivity contribution in [3.8, 4) is 11.5 Å². The van der Waals surface area contributed by atoms with Gasteiger partial charge in [-0.3, -0.25) is 19.9 Å². The van der Waals surface area contributed by atoms with E-state index in [9.17, 15) is 34.0 Å². The van der Waals surface area contributed by atoms with Gasteiger partial charge < -0.3 is 20.3 Å². The summed E-state index contributed by atoms with van der Waals surface area (Å²) in [5, 5.41) is 31.4. The number of aromatic nitrogens is 1. The van der Waals surface area contributed by atoms with Crippen molar-refractivity contribution < 1.29 is 38.6 Å². The van der Waals surface area contributed by atoms with E-state index in [2.05, 4.69) is 10.3 Å². The Balaban J connectivity index is 1.93. The van der Waals surface area contributed by atoms with E-state index < -0.39 is 51.1 Å². The molecular weight excluding hydrogens is 429 g/mol. The summed E-state index contributed by atoms with van der Waals surface area (Å²) in [4.78, 5) is 48.8. The highest BCUT2D eigenvalue weighted by atomic mass is 19.1. The number of halogens is 1. The van der Waals surface area contributed by atoms with E-state index in [4.69, 9.17) is 9.84 Å². The van der Waals surface area contributed by atoms with Crippen LogP contribution in [0.25, 0.3) is 0 Å². The number of carboxylic acids is 2. The van der Waals surface area contributed by atoms with Gasteiger partial charge in [0.1, 0.15) is 17.1 Å². The molecule has 3 rings (SSSR count). The number of pyridine rings is 1. The highest BCUT2D eigenvalue weighted by Crippen LogP contribution is 2.33. The summed E-state index contributed by atoms with van der Waals surface area (Å²) in [6, 6.07) is 8.63. The minimum Gasteiger partial charge on any atom is -0.478 e. The molecule has 0 spiro atoms. The Morgan fingerprint density at radius 2 is 1.75 bits per heavy atom. The summed E-state index contributed by atoms with van der Waals surface area (Å²) >= 11 is 0. The first-order chi connectivity index (χ1) is 15.2. The zero-order chi connectivity index (χ0) is 23.4. The monoisotopic (exact) mass is 441 g/mol. The second kappa shape index (κ2) is 8.87. The van der Waals surface area contributed by atoms with Gasteiger partial charge in [-0.25, -0.2) is 14.0 Å². The summed E-state index contributed by atoms with van der Waals surface area (Å²) in [6.45, 7) is 0. The van der Waals surface area contributed by atoms with Gasteiger partial charge in [0.2, 0.25) is 0 Å². The largest absolute Gasteiger partial charge is 0.478 e. The average Bonchev–Trinajstić information content (AvgIpc) is 2.75. The number of hydrogen-bond acceptors (Lipinski definition) is 7. The Bertz CT molecular complexity index is 1260. The number of para-hydroxylation sites is 1. The molecule has 0 bridgehead atoms. The SMILES string of the molecule is O=C(Nc1c(F)cccc1Oc1ccc(C(=O)O)c(C(=O)O)c1)c1cc([N+](=O)[O-])ccn1. The first-order valence-corrected chi connectivity index (χ1v) is 8.66. The quantitative estimate of drug-likeness (QED) is 0.366. The number of amides is 1. The van der Waals surface area contributed by atoms with Crippen molar-refractivity contribution in [3.63, 3.8) is 0 Å². The van der Waals surface area contributed by atoms with E-state index in [1.165, 1.54) is 12.1 Å². The topological polar surface area (TPSA) is 169 Å². The molecule has 0 fully saturated rings. The Labute approximate surface area is 177 Å². The molecule has 162 valence electrons. The molecule has 0 radical (unpaired) electrons. The van der Waals surface area contributed by atoms with Gasteiger partial charge in [-0.2, -0.15) is 0 Å². The fraction of sp³-hybridized carbons (Fsp3) is 0. The van der Waals surface area contributed by atoms with Crippen LogP contribution in [0.5, 0.6) is 11.5 Å². The predicted molar refractivity (Wildman–Crippen MR) is 106 cm³/mol. The zero-order valence-electron chi connectivity index (χ0n) is 15.8. The Morgan fingerprint density at radius 1 is 1.03 bits per heavy atom. The van der Waals surface area contributed by atoms with Gasteiger partial charge in [0.05, 0.1) is 16.1 Å². The minimum absolute atomic E-state index is 0.137. The van der Waals surface area contributed by atoms with Gasteiger partial charge in [-0.05, 0) is 30.3 Å². The summed E-state index contributed by atoms with van der Waals surface area (Å²) in [5.41, 5.74) is -2.22. The Kier molecular flexibility index (Phi) is 6.05. The number of carbonyl (C=O) groups excluding carboxylic acids is 1. The molecule has 0 aliphatic carbocycles. The number of nitrogens with zero attached hydrogens (tertiary/aromatic N) is 2. The van der Waals surface area contributed by atoms with Crippen molar-refractivity contribution in [1.29, 1.82) is 0 Å². The molecule has 0 saturated heterocycles. The molecule has 2 aromatic carbocycles. The lowest BCUT2D eigenvalue weighted by Gasteiger charge is -2.14. The Morgan fingerprint density at radius 3 is 2.41 bits per heavy atom. The van der Waals surface area contributed by atoms with Crippen molar-refractivity contribution in [2.45, 2.75) is 0 Å². The molecule has 1 aromatic heterocycles. The van der Waals surface area contributed by atoms with E-state index in [-0.39, 0.29) is 17.2 Å². The van der Waals surface area contributed by atoms with E-state index >= 15 is 0 Å². The van der Waals surface area contributed by atoms with E-state index in [1.807, 2.05) is 0 Å². The van der Waals surface area contributed by atoms with Gasteiger partial charge >= 0.3 is 11.9 Å². The number of benzene rings is 2. The number of aromatic carboxylic acids is 2. The van der Waals surface area contributed by atoms with Crippen LogP contribution in [0.2, 0.25) is 0 Å². The van der Waals surface area contributed by atoms with Crippen LogP contribution in [0, 0.1) is 15.9 Å². The molecule has 1 amide bonds. The number of carbonyl (C=O) groups is 3. The number of hydrogen-bond donors (Lipinski definition) is 3. The first-order valence-electron chi connectivity index (χ1n) is 8.66. The molecule has 3 aromatic rings. The maximum absolute atomic E-state index is 14.4. The maximum atomic E-state index is 14.4. The second-order valence-electron chi connectivity index (χ2n) is 6.14. The lowest BCUT2D eigenvalue weighted by molar-refractivity contribution is -0.385. The van der Waals surface area contributed by atoms with Gasteiger partial charge in [-0.1, -0.05) is 6.07 Å². The van der Waals surface area contributed by atoms with Gasteiger partial charge in [0.15, 0.2) is 11.6 Å². The summed E-state index contributed by atoms with van der Waals surface area (Å²) in [7, 11) is 0. The number of rotatable bonds is 7. The van der Waals surface area contributed by atoms with Crippen LogP contribution in [0.3, 0.4) is 0 Å². The van der Waals surface area contributed by atoms with Crippen molar-refractivity contribution in [2.24, 2.45) is 0 Å². The van der Waals surface area contributed by atoms with Crippen molar-refractivity contribution >= 4 is 29.2 Å². The molecule has 0 aliphatic heterocycles.